The molecule has 0 saturated carbocycles. The molecule has 2 amide bonds. The molecule has 0 aromatic carbocycles. The molecular weight excluding hydrogens is 291 g/mol. The monoisotopic (exact) mass is 307 g/mol. The minimum atomic E-state index is -4.23. The van der Waals surface area contributed by atoms with Gasteiger partial charge in [-0.25, -0.2) is 9.78 Å². The highest BCUT2D eigenvalue weighted by Gasteiger charge is 2.42. The molecule has 8 heteroatoms. The van der Waals surface area contributed by atoms with Gasteiger partial charge in [-0.3, -0.25) is 0 Å². The number of piperidine rings is 1. The third-order valence-corrected chi connectivity index (χ3v) is 4.08. The number of halogens is 3. The third-order valence-electron chi connectivity index (χ3n) is 3.26. The summed E-state index contributed by atoms with van der Waals surface area (Å²) in [6.45, 7) is 2.21. The molecule has 1 fully saturated rings. The Bertz CT molecular complexity index is 475. The van der Waals surface area contributed by atoms with Crippen molar-refractivity contribution < 1.29 is 18.0 Å². The second-order valence-electron chi connectivity index (χ2n) is 4.84. The van der Waals surface area contributed by atoms with Gasteiger partial charge in [-0.1, -0.05) is 0 Å². The Morgan fingerprint density at radius 3 is 2.95 bits per heavy atom. The molecule has 0 spiro atoms. The van der Waals surface area contributed by atoms with Crippen molar-refractivity contribution in [1.29, 1.82) is 0 Å². The predicted octanol–water partition coefficient (Wildman–Crippen LogP) is 2.94. The molecule has 1 unspecified atom stereocenters. The fourth-order valence-corrected chi connectivity index (χ4v) is 2.81. The molecule has 1 N–H and O–H groups in total. The summed E-state index contributed by atoms with van der Waals surface area (Å²) >= 11 is 1.47. The van der Waals surface area contributed by atoms with Crippen LogP contribution in [-0.4, -0.2) is 35.2 Å². The predicted molar refractivity (Wildman–Crippen MR) is 69.4 cm³/mol. The number of alkyl halides is 3. The Labute approximate surface area is 119 Å². The van der Waals surface area contributed by atoms with E-state index in [0.29, 0.717) is 13.0 Å². The van der Waals surface area contributed by atoms with Gasteiger partial charge in [0, 0.05) is 18.5 Å². The number of hydrogen-bond donors (Lipinski definition) is 1. The van der Waals surface area contributed by atoms with Crippen molar-refractivity contribution in [1.82, 2.24) is 15.2 Å². The first-order valence-corrected chi connectivity index (χ1v) is 7.24. The van der Waals surface area contributed by atoms with Crippen molar-refractivity contribution in [2.45, 2.75) is 32.5 Å². The molecule has 1 aliphatic heterocycles. The highest BCUT2D eigenvalue weighted by molar-refractivity contribution is 7.09. The van der Waals surface area contributed by atoms with Crippen LogP contribution in [0.25, 0.3) is 0 Å². The highest BCUT2D eigenvalue weighted by Crippen LogP contribution is 2.33. The first-order chi connectivity index (χ1) is 9.36. The van der Waals surface area contributed by atoms with Gasteiger partial charge in [0.15, 0.2) is 0 Å². The van der Waals surface area contributed by atoms with Crippen molar-refractivity contribution in [2.24, 2.45) is 5.92 Å². The van der Waals surface area contributed by atoms with E-state index in [1.165, 1.54) is 16.2 Å². The quantitative estimate of drug-likeness (QED) is 0.913. The lowest BCUT2D eigenvalue weighted by molar-refractivity contribution is -0.184. The van der Waals surface area contributed by atoms with Gasteiger partial charge in [0.25, 0.3) is 0 Å². The number of likely N-dealkylation sites (tertiary alicyclic amines) is 1. The SMILES string of the molecule is Cc1nc(CNC(=O)N2CCCC(C(F)(F)F)C2)cs1. The number of aromatic nitrogens is 1. The molecule has 2 rings (SSSR count). The lowest BCUT2D eigenvalue weighted by Crippen LogP contribution is -2.48. The van der Waals surface area contributed by atoms with E-state index in [4.69, 9.17) is 0 Å². The van der Waals surface area contributed by atoms with Crippen LogP contribution >= 0.6 is 11.3 Å². The highest BCUT2D eigenvalue weighted by atomic mass is 32.1. The molecule has 1 aromatic heterocycles. The number of urea groups is 1. The van der Waals surface area contributed by atoms with E-state index in [1.54, 1.807) is 0 Å². The zero-order valence-corrected chi connectivity index (χ0v) is 11.9. The van der Waals surface area contributed by atoms with Crippen molar-refractivity contribution >= 4 is 17.4 Å². The van der Waals surface area contributed by atoms with Gasteiger partial charge in [-0.2, -0.15) is 13.2 Å². The second-order valence-corrected chi connectivity index (χ2v) is 5.91. The number of aryl methyl sites for hydroxylation is 1. The van der Waals surface area contributed by atoms with Crippen LogP contribution < -0.4 is 5.32 Å². The maximum Gasteiger partial charge on any atom is 0.393 e. The van der Waals surface area contributed by atoms with E-state index in [9.17, 15) is 18.0 Å². The first kappa shape index (κ1) is 15.1. The summed E-state index contributed by atoms with van der Waals surface area (Å²) < 4.78 is 38.0. The molecule has 112 valence electrons. The smallest absolute Gasteiger partial charge is 0.332 e. The Morgan fingerprint density at radius 1 is 1.60 bits per heavy atom. The van der Waals surface area contributed by atoms with Crippen LogP contribution in [0, 0.1) is 12.8 Å². The number of amides is 2. The molecule has 0 bridgehead atoms. The van der Waals surface area contributed by atoms with E-state index < -0.39 is 18.1 Å². The van der Waals surface area contributed by atoms with E-state index >= 15 is 0 Å². The van der Waals surface area contributed by atoms with Gasteiger partial charge in [-0.05, 0) is 19.8 Å². The van der Waals surface area contributed by atoms with Gasteiger partial charge in [0.05, 0.1) is 23.2 Å². The van der Waals surface area contributed by atoms with Crippen LogP contribution in [0.4, 0.5) is 18.0 Å². The van der Waals surface area contributed by atoms with Gasteiger partial charge < -0.3 is 10.2 Å². The van der Waals surface area contributed by atoms with Gasteiger partial charge in [0.2, 0.25) is 0 Å². The molecule has 0 radical (unpaired) electrons. The van der Waals surface area contributed by atoms with E-state index in [2.05, 4.69) is 10.3 Å². The van der Waals surface area contributed by atoms with Crippen LogP contribution in [0.15, 0.2) is 5.38 Å². The van der Waals surface area contributed by atoms with Crippen LogP contribution in [0.5, 0.6) is 0 Å². The molecule has 20 heavy (non-hydrogen) atoms. The van der Waals surface area contributed by atoms with Gasteiger partial charge in [-0.15, -0.1) is 11.3 Å². The molecule has 1 saturated heterocycles. The number of thiazole rings is 1. The number of nitrogens with zero attached hydrogens (tertiary/aromatic N) is 2. The molecule has 1 aromatic rings. The lowest BCUT2D eigenvalue weighted by Gasteiger charge is -2.33. The van der Waals surface area contributed by atoms with Gasteiger partial charge in [0.1, 0.15) is 0 Å². The van der Waals surface area contributed by atoms with Gasteiger partial charge >= 0.3 is 12.2 Å². The summed E-state index contributed by atoms with van der Waals surface area (Å²) in [4.78, 5) is 17.3. The number of rotatable bonds is 2. The summed E-state index contributed by atoms with van der Waals surface area (Å²) in [6, 6.07) is -0.454. The molecular formula is C12H16F3N3OS. The van der Waals surface area contributed by atoms with Crippen LogP contribution in [0.2, 0.25) is 0 Å². The largest absolute Gasteiger partial charge is 0.393 e. The Hall–Kier alpha value is -1.31. The van der Waals surface area contributed by atoms with Crippen molar-refractivity contribution in [3.05, 3.63) is 16.1 Å². The van der Waals surface area contributed by atoms with E-state index in [0.717, 1.165) is 10.7 Å². The number of carbonyl (C=O) groups is 1. The van der Waals surface area contributed by atoms with Crippen molar-refractivity contribution in [3.8, 4) is 0 Å². The second kappa shape index (κ2) is 5.99. The lowest BCUT2D eigenvalue weighted by atomic mass is 9.98. The maximum absolute atomic E-state index is 12.7. The summed E-state index contributed by atoms with van der Waals surface area (Å²) in [5.41, 5.74) is 0.727. The summed E-state index contributed by atoms with van der Waals surface area (Å²) in [7, 11) is 0. The molecule has 4 nitrogen and oxygen atoms in total. The average molecular weight is 307 g/mol. The Kier molecular flexibility index (Phi) is 4.52. The van der Waals surface area contributed by atoms with Crippen LogP contribution in [-0.2, 0) is 6.54 Å². The van der Waals surface area contributed by atoms with E-state index in [1.807, 2.05) is 12.3 Å². The molecule has 0 aliphatic carbocycles. The number of carbonyl (C=O) groups excluding carboxylic acids is 1. The molecule has 1 aliphatic rings. The average Bonchev–Trinajstić information content (AvgIpc) is 2.81. The summed E-state index contributed by atoms with van der Waals surface area (Å²) in [6.07, 6.45) is -3.75. The minimum absolute atomic E-state index is 0.0958. The Balaban J connectivity index is 1.86. The van der Waals surface area contributed by atoms with E-state index in [-0.39, 0.29) is 19.5 Å². The number of nitrogens with one attached hydrogen (secondary N) is 1. The topological polar surface area (TPSA) is 45.2 Å². The zero-order valence-electron chi connectivity index (χ0n) is 11.0. The minimum Gasteiger partial charge on any atom is -0.332 e. The van der Waals surface area contributed by atoms with Crippen LogP contribution in [0.1, 0.15) is 23.5 Å². The standard InChI is InChI=1S/C12H16F3N3OS/c1-8-17-10(7-20-8)5-16-11(19)18-4-2-3-9(6-18)12(13,14)15/h7,9H,2-6H2,1H3,(H,16,19). The zero-order chi connectivity index (χ0) is 14.8. The summed E-state index contributed by atoms with van der Waals surface area (Å²) in [5.74, 6) is -1.41. The molecule has 1 atom stereocenters. The fraction of sp³-hybridized carbons (Fsp3) is 0.667. The van der Waals surface area contributed by atoms with Crippen molar-refractivity contribution in [3.63, 3.8) is 0 Å². The van der Waals surface area contributed by atoms with Crippen LogP contribution in [0.3, 0.4) is 0 Å². The van der Waals surface area contributed by atoms with Crippen molar-refractivity contribution in [2.75, 3.05) is 13.1 Å². The normalized spacial score (nSPS) is 20.0. The first-order valence-electron chi connectivity index (χ1n) is 6.37. The maximum atomic E-state index is 12.7. The summed E-state index contributed by atoms with van der Waals surface area (Å²) in [5, 5.41) is 5.33. The fourth-order valence-electron chi connectivity index (χ4n) is 2.20. The molecule has 2 heterocycles. The number of hydrogen-bond acceptors (Lipinski definition) is 3. The third kappa shape index (κ3) is 3.84. The Morgan fingerprint density at radius 2 is 2.35 bits per heavy atom.